The van der Waals surface area contributed by atoms with E-state index in [0.29, 0.717) is 5.56 Å². The normalized spacial score (nSPS) is 10.5. The van der Waals surface area contributed by atoms with Crippen LogP contribution in [0.25, 0.3) is 22.9 Å². The first-order chi connectivity index (χ1) is 14.2. The molecular formula is C21H15Cl2FN4O2. The standard InChI is InChI=1S/C21H15Cl2FN4O2/c1-12(2)7-18-19(13-3-4-17(24)16(23)8-13)20(29)28(21(30)27(18)6-5-25)15-9-14(22)10-26-11-15/h3-4,7-11H,6H2,1-2H3. The van der Waals surface area contributed by atoms with Gasteiger partial charge in [-0.1, -0.05) is 34.8 Å². The minimum Gasteiger partial charge on any atom is -0.279 e. The topological polar surface area (TPSA) is 80.7 Å². The minimum atomic E-state index is -0.727. The molecule has 0 saturated carbocycles. The average Bonchev–Trinajstić information content (AvgIpc) is 2.67. The van der Waals surface area contributed by atoms with Crippen molar-refractivity contribution in [2.24, 2.45) is 0 Å². The van der Waals surface area contributed by atoms with Crippen LogP contribution >= 0.6 is 23.2 Å². The van der Waals surface area contributed by atoms with Crippen LogP contribution in [0.3, 0.4) is 0 Å². The number of hydrogen-bond acceptors (Lipinski definition) is 4. The molecule has 0 bridgehead atoms. The highest BCUT2D eigenvalue weighted by molar-refractivity contribution is 6.31. The molecule has 0 N–H and O–H groups in total. The van der Waals surface area contributed by atoms with Crippen molar-refractivity contribution in [1.82, 2.24) is 14.1 Å². The predicted octanol–water partition coefficient (Wildman–Crippen LogP) is 4.45. The number of aromatic nitrogens is 3. The second-order valence-electron chi connectivity index (χ2n) is 6.64. The maximum Gasteiger partial charge on any atom is 0.337 e. The Balaban J connectivity index is 2.54. The molecule has 0 unspecified atom stereocenters. The second-order valence-corrected chi connectivity index (χ2v) is 7.48. The molecule has 0 saturated heterocycles. The van der Waals surface area contributed by atoms with Gasteiger partial charge in [-0.3, -0.25) is 14.3 Å². The molecule has 2 heterocycles. The van der Waals surface area contributed by atoms with Crippen molar-refractivity contribution in [3.63, 3.8) is 0 Å². The van der Waals surface area contributed by atoms with Gasteiger partial charge in [-0.25, -0.2) is 13.8 Å². The summed E-state index contributed by atoms with van der Waals surface area (Å²) in [6.45, 7) is 3.26. The largest absolute Gasteiger partial charge is 0.337 e. The first-order valence-electron chi connectivity index (χ1n) is 8.72. The maximum absolute atomic E-state index is 13.7. The summed E-state index contributed by atoms with van der Waals surface area (Å²) in [6.07, 6.45) is 4.29. The van der Waals surface area contributed by atoms with E-state index in [-0.39, 0.29) is 33.5 Å². The van der Waals surface area contributed by atoms with Crippen LogP contribution in [-0.2, 0) is 6.54 Å². The van der Waals surface area contributed by atoms with Crippen molar-refractivity contribution in [3.8, 4) is 22.9 Å². The smallest absolute Gasteiger partial charge is 0.279 e. The van der Waals surface area contributed by atoms with Crippen molar-refractivity contribution in [2.45, 2.75) is 20.4 Å². The first kappa shape index (κ1) is 21.5. The predicted molar refractivity (Wildman–Crippen MR) is 114 cm³/mol. The van der Waals surface area contributed by atoms with Gasteiger partial charge in [0.2, 0.25) is 0 Å². The molecule has 2 aromatic heterocycles. The molecule has 30 heavy (non-hydrogen) atoms. The van der Waals surface area contributed by atoms with Gasteiger partial charge in [0.05, 0.1) is 39.3 Å². The number of allylic oxidation sites excluding steroid dienone is 1. The van der Waals surface area contributed by atoms with Gasteiger partial charge < -0.3 is 0 Å². The first-order valence-corrected chi connectivity index (χ1v) is 9.48. The lowest BCUT2D eigenvalue weighted by Crippen LogP contribution is -2.41. The maximum atomic E-state index is 13.7. The molecule has 0 spiro atoms. The summed E-state index contributed by atoms with van der Waals surface area (Å²) in [5, 5.41) is 9.35. The van der Waals surface area contributed by atoms with Crippen molar-refractivity contribution >= 4 is 29.3 Å². The number of rotatable bonds is 4. The molecule has 0 aliphatic rings. The number of benzene rings is 1. The highest BCUT2D eigenvalue weighted by atomic mass is 35.5. The van der Waals surface area contributed by atoms with Gasteiger partial charge in [-0.05, 0) is 43.7 Å². The molecule has 0 atom stereocenters. The fourth-order valence-electron chi connectivity index (χ4n) is 2.99. The van der Waals surface area contributed by atoms with Gasteiger partial charge in [0.25, 0.3) is 5.56 Å². The van der Waals surface area contributed by atoms with Gasteiger partial charge in [0.15, 0.2) is 0 Å². The lowest BCUT2D eigenvalue weighted by atomic mass is 10.0. The van der Waals surface area contributed by atoms with Crippen LogP contribution in [0.5, 0.6) is 0 Å². The lowest BCUT2D eigenvalue weighted by Gasteiger charge is -2.17. The third-order valence-electron chi connectivity index (χ3n) is 4.20. The van der Waals surface area contributed by atoms with Crippen LogP contribution in [0.1, 0.15) is 19.5 Å². The number of nitriles is 1. The number of pyridine rings is 1. The third kappa shape index (κ3) is 4.06. The van der Waals surface area contributed by atoms with Crippen LogP contribution in [0.4, 0.5) is 4.39 Å². The zero-order valence-corrected chi connectivity index (χ0v) is 17.5. The van der Waals surface area contributed by atoms with Crippen molar-refractivity contribution in [3.05, 3.63) is 84.6 Å². The Kier molecular flexibility index (Phi) is 6.20. The molecule has 1 aromatic carbocycles. The van der Waals surface area contributed by atoms with Crippen LogP contribution in [0, 0.1) is 17.1 Å². The number of halogens is 3. The summed E-state index contributed by atoms with van der Waals surface area (Å²) in [5.74, 6) is -0.645. The van der Waals surface area contributed by atoms with E-state index in [1.807, 2.05) is 6.07 Å². The summed E-state index contributed by atoms with van der Waals surface area (Å²) in [4.78, 5) is 30.6. The number of nitrogens with zero attached hydrogens (tertiary/aromatic N) is 4. The van der Waals surface area contributed by atoms with Gasteiger partial charge in [-0.15, -0.1) is 0 Å². The van der Waals surface area contributed by atoms with E-state index in [9.17, 15) is 19.2 Å². The van der Waals surface area contributed by atoms with Gasteiger partial charge >= 0.3 is 5.69 Å². The van der Waals surface area contributed by atoms with E-state index in [2.05, 4.69) is 4.98 Å². The molecule has 3 rings (SSSR count). The molecule has 152 valence electrons. The van der Waals surface area contributed by atoms with E-state index >= 15 is 0 Å². The second kappa shape index (κ2) is 8.66. The monoisotopic (exact) mass is 444 g/mol. The van der Waals surface area contributed by atoms with Crippen molar-refractivity contribution in [2.75, 3.05) is 0 Å². The van der Waals surface area contributed by atoms with Gasteiger partial charge in [0.1, 0.15) is 12.4 Å². The van der Waals surface area contributed by atoms with E-state index < -0.39 is 17.1 Å². The Hall–Kier alpha value is -3.21. The summed E-state index contributed by atoms with van der Waals surface area (Å²) in [6, 6.07) is 7.18. The number of hydrogen-bond donors (Lipinski definition) is 0. The zero-order valence-electron chi connectivity index (χ0n) is 16.0. The van der Waals surface area contributed by atoms with Crippen molar-refractivity contribution in [1.29, 1.82) is 5.26 Å². The fourth-order valence-corrected chi connectivity index (χ4v) is 3.34. The summed E-state index contributed by atoms with van der Waals surface area (Å²) in [7, 11) is 0. The van der Waals surface area contributed by atoms with Crippen molar-refractivity contribution < 1.29 is 4.39 Å². The SMILES string of the molecule is CC(C)=Cc1c(-c2ccc(F)c(Cl)c2)c(=O)n(-c2cncc(Cl)c2)c(=O)n1CC#N. The fraction of sp³-hybridized carbons (Fsp3) is 0.143. The van der Waals surface area contributed by atoms with Gasteiger partial charge in [-0.2, -0.15) is 5.26 Å². The highest BCUT2D eigenvalue weighted by Gasteiger charge is 2.21. The molecule has 9 heteroatoms. The molecule has 0 fully saturated rings. The molecule has 0 aliphatic carbocycles. The quantitative estimate of drug-likeness (QED) is 0.594. The molecule has 3 aromatic rings. The summed E-state index contributed by atoms with van der Waals surface area (Å²) < 4.78 is 15.8. The van der Waals surface area contributed by atoms with Crippen LogP contribution < -0.4 is 11.2 Å². The Morgan fingerprint density at radius 2 is 1.97 bits per heavy atom. The van der Waals surface area contributed by atoms with E-state index in [1.54, 1.807) is 19.9 Å². The van der Waals surface area contributed by atoms with Gasteiger partial charge in [0, 0.05) is 6.20 Å². The molecule has 0 amide bonds. The van der Waals surface area contributed by atoms with E-state index in [1.165, 1.54) is 35.2 Å². The van der Waals surface area contributed by atoms with Crippen LogP contribution in [0.2, 0.25) is 10.0 Å². The lowest BCUT2D eigenvalue weighted by molar-refractivity contribution is 0.628. The van der Waals surface area contributed by atoms with E-state index in [0.717, 1.165) is 16.2 Å². The Morgan fingerprint density at radius 1 is 1.23 bits per heavy atom. The molecule has 0 radical (unpaired) electrons. The van der Waals surface area contributed by atoms with Crippen LogP contribution in [-0.4, -0.2) is 14.1 Å². The third-order valence-corrected chi connectivity index (χ3v) is 4.69. The average molecular weight is 445 g/mol. The minimum absolute atomic E-state index is 0.0907. The molecule has 6 nitrogen and oxygen atoms in total. The van der Waals surface area contributed by atoms with E-state index in [4.69, 9.17) is 23.2 Å². The summed E-state index contributed by atoms with van der Waals surface area (Å²) in [5.41, 5.74) is 0.144. The summed E-state index contributed by atoms with van der Waals surface area (Å²) >= 11 is 11.9. The molecular weight excluding hydrogens is 430 g/mol. The Morgan fingerprint density at radius 3 is 2.57 bits per heavy atom. The Labute approximate surface area is 181 Å². The zero-order chi connectivity index (χ0) is 22.0. The highest BCUT2D eigenvalue weighted by Crippen LogP contribution is 2.26. The molecule has 0 aliphatic heterocycles. The van der Waals surface area contributed by atoms with Crippen LogP contribution in [0.15, 0.2) is 51.8 Å². The Bertz CT molecular complexity index is 1330.